The van der Waals surface area contributed by atoms with Crippen molar-refractivity contribution in [3.63, 3.8) is 0 Å². The number of para-hydroxylation sites is 2. The number of thioether (sulfide) groups is 1. The molecule has 1 aliphatic rings. The van der Waals surface area contributed by atoms with E-state index < -0.39 is 17.8 Å². The smallest absolute Gasteiger partial charge is 0.338 e. The molecule has 8 heteroatoms. The molecule has 1 heterocycles. The highest BCUT2D eigenvalue weighted by atomic mass is 32.2. The Morgan fingerprint density at radius 1 is 0.914 bits per heavy atom. The summed E-state index contributed by atoms with van der Waals surface area (Å²) >= 11 is 1.21. The number of nitrogens with zero attached hydrogens (tertiary/aromatic N) is 1. The maximum atomic E-state index is 13.5. The molecule has 2 amide bonds. The number of esters is 1. The first-order valence-electron chi connectivity index (χ1n) is 11.1. The summed E-state index contributed by atoms with van der Waals surface area (Å²) in [6, 6.07) is 22.7. The van der Waals surface area contributed by atoms with Gasteiger partial charge in [0.25, 0.3) is 11.8 Å². The van der Waals surface area contributed by atoms with Crippen LogP contribution >= 0.6 is 11.8 Å². The van der Waals surface area contributed by atoms with Crippen LogP contribution in [0.3, 0.4) is 0 Å². The molecule has 3 aromatic carbocycles. The minimum absolute atomic E-state index is 0.153. The van der Waals surface area contributed by atoms with E-state index in [9.17, 15) is 14.4 Å². The van der Waals surface area contributed by atoms with Gasteiger partial charge in [0.15, 0.2) is 0 Å². The molecule has 0 spiro atoms. The van der Waals surface area contributed by atoms with Gasteiger partial charge in [0.2, 0.25) is 0 Å². The predicted octanol–water partition coefficient (Wildman–Crippen LogP) is 5.25. The lowest BCUT2D eigenvalue weighted by Gasteiger charge is -2.16. The molecule has 0 atom stereocenters. The van der Waals surface area contributed by atoms with E-state index in [0.29, 0.717) is 29.3 Å². The first-order chi connectivity index (χ1) is 17.0. The lowest BCUT2D eigenvalue weighted by molar-refractivity contribution is -0.120. The average Bonchev–Trinajstić information content (AvgIpc) is 3.12. The van der Waals surface area contributed by atoms with Crippen molar-refractivity contribution in [2.45, 2.75) is 18.2 Å². The van der Waals surface area contributed by atoms with Gasteiger partial charge in [-0.1, -0.05) is 49.0 Å². The normalized spacial score (nSPS) is 13.3. The summed E-state index contributed by atoms with van der Waals surface area (Å²) in [5.74, 6) is -0.865. The van der Waals surface area contributed by atoms with Crippen molar-refractivity contribution in [3.05, 3.63) is 95.0 Å². The van der Waals surface area contributed by atoms with Crippen LogP contribution < -0.4 is 15.0 Å². The van der Waals surface area contributed by atoms with E-state index in [1.807, 2.05) is 49.4 Å². The van der Waals surface area contributed by atoms with E-state index in [4.69, 9.17) is 9.47 Å². The van der Waals surface area contributed by atoms with Crippen LogP contribution in [-0.2, 0) is 14.3 Å². The summed E-state index contributed by atoms with van der Waals surface area (Å²) in [6.45, 7) is 2.24. The SMILES string of the molecule is CCCOC(=O)c1ccc(N2C(=O)C(Nc3ccccc3OC)=C(Sc3ccccc3)C2=O)cc1. The van der Waals surface area contributed by atoms with Crippen molar-refractivity contribution >= 4 is 40.9 Å². The number of carbonyl (C=O) groups excluding carboxylic acids is 3. The summed E-state index contributed by atoms with van der Waals surface area (Å²) in [4.78, 5) is 41.3. The molecule has 0 aromatic heterocycles. The Bertz CT molecular complexity index is 1270. The zero-order chi connectivity index (χ0) is 24.8. The van der Waals surface area contributed by atoms with E-state index >= 15 is 0 Å². The van der Waals surface area contributed by atoms with Crippen LogP contribution in [0.2, 0.25) is 0 Å². The third kappa shape index (κ3) is 5.22. The molecule has 3 aromatic rings. The van der Waals surface area contributed by atoms with Gasteiger partial charge in [-0.15, -0.1) is 0 Å². The molecule has 4 rings (SSSR count). The topological polar surface area (TPSA) is 84.9 Å². The number of methoxy groups -OCH3 is 1. The van der Waals surface area contributed by atoms with Gasteiger partial charge < -0.3 is 14.8 Å². The van der Waals surface area contributed by atoms with Crippen molar-refractivity contribution in [1.29, 1.82) is 0 Å². The molecule has 0 saturated carbocycles. The van der Waals surface area contributed by atoms with Gasteiger partial charge >= 0.3 is 5.97 Å². The maximum Gasteiger partial charge on any atom is 0.338 e. The quantitative estimate of drug-likeness (QED) is 0.325. The minimum atomic E-state index is -0.499. The number of nitrogens with one attached hydrogen (secondary N) is 1. The van der Waals surface area contributed by atoms with Crippen molar-refractivity contribution in [3.8, 4) is 5.75 Å². The molecule has 0 unspecified atom stereocenters. The lowest BCUT2D eigenvalue weighted by atomic mass is 10.2. The van der Waals surface area contributed by atoms with E-state index in [0.717, 1.165) is 16.2 Å². The van der Waals surface area contributed by atoms with Crippen molar-refractivity contribution in [2.75, 3.05) is 23.9 Å². The molecule has 1 N–H and O–H groups in total. The van der Waals surface area contributed by atoms with Gasteiger partial charge in [0.1, 0.15) is 16.4 Å². The number of ether oxygens (including phenoxy) is 2. The number of benzene rings is 3. The second-order valence-corrected chi connectivity index (χ2v) is 8.66. The molecule has 0 fully saturated rings. The summed E-state index contributed by atoms with van der Waals surface area (Å²) in [5, 5.41) is 3.11. The molecule has 0 bridgehead atoms. The van der Waals surface area contributed by atoms with Gasteiger partial charge in [0.05, 0.1) is 30.7 Å². The minimum Gasteiger partial charge on any atom is -0.495 e. The van der Waals surface area contributed by atoms with E-state index in [2.05, 4.69) is 5.32 Å². The largest absolute Gasteiger partial charge is 0.495 e. The molecule has 1 aliphatic heterocycles. The Labute approximate surface area is 207 Å². The molecular formula is C27H24N2O5S. The molecule has 35 heavy (non-hydrogen) atoms. The average molecular weight is 489 g/mol. The molecule has 0 radical (unpaired) electrons. The fourth-order valence-electron chi connectivity index (χ4n) is 3.46. The standard InChI is InChI=1S/C27H24N2O5S/c1-3-17-34-27(32)18-13-15-19(16-14-18)29-25(30)23(28-21-11-7-8-12-22(21)33-2)24(26(29)31)35-20-9-5-4-6-10-20/h4-16,28H,3,17H2,1-2H3. The summed E-state index contributed by atoms with van der Waals surface area (Å²) in [7, 11) is 1.54. The Kier molecular flexibility index (Phi) is 7.52. The molecule has 178 valence electrons. The van der Waals surface area contributed by atoms with Crippen molar-refractivity contribution < 1.29 is 23.9 Å². The van der Waals surface area contributed by atoms with Crippen LogP contribution in [0.15, 0.2) is 94.4 Å². The number of imide groups is 1. The first-order valence-corrected chi connectivity index (χ1v) is 11.9. The van der Waals surface area contributed by atoms with Gasteiger partial charge in [-0.25, -0.2) is 9.69 Å². The molecule has 0 aliphatic carbocycles. The molecular weight excluding hydrogens is 464 g/mol. The van der Waals surface area contributed by atoms with E-state index in [1.165, 1.54) is 18.9 Å². The van der Waals surface area contributed by atoms with Crippen LogP contribution in [0.4, 0.5) is 11.4 Å². The lowest BCUT2D eigenvalue weighted by Crippen LogP contribution is -2.32. The number of hydrogen-bond acceptors (Lipinski definition) is 7. The van der Waals surface area contributed by atoms with Crippen LogP contribution in [0.25, 0.3) is 0 Å². The number of carbonyl (C=O) groups is 3. The number of rotatable bonds is 9. The zero-order valence-electron chi connectivity index (χ0n) is 19.3. The Balaban J connectivity index is 1.67. The fourth-order valence-corrected chi connectivity index (χ4v) is 4.41. The third-order valence-electron chi connectivity index (χ3n) is 5.17. The van der Waals surface area contributed by atoms with Crippen LogP contribution in [-0.4, -0.2) is 31.5 Å². The van der Waals surface area contributed by atoms with Gasteiger partial charge in [-0.2, -0.15) is 0 Å². The number of amides is 2. The highest BCUT2D eigenvalue weighted by Gasteiger charge is 2.40. The summed E-state index contributed by atoms with van der Waals surface area (Å²) in [6.07, 6.45) is 0.718. The summed E-state index contributed by atoms with van der Waals surface area (Å²) < 4.78 is 10.6. The fraction of sp³-hybridized carbons (Fsp3) is 0.148. The number of anilines is 2. The van der Waals surface area contributed by atoms with E-state index in [1.54, 1.807) is 36.4 Å². The number of hydrogen-bond donors (Lipinski definition) is 1. The van der Waals surface area contributed by atoms with Crippen LogP contribution in [0.1, 0.15) is 23.7 Å². The van der Waals surface area contributed by atoms with Gasteiger partial charge in [0, 0.05) is 4.90 Å². The summed E-state index contributed by atoms with van der Waals surface area (Å²) in [5.41, 5.74) is 1.42. The van der Waals surface area contributed by atoms with Gasteiger partial charge in [-0.05, 0) is 55.0 Å². The third-order valence-corrected chi connectivity index (χ3v) is 6.26. The maximum absolute atomic E-state index is 13.5. The monoisotopic (exact) mass is 488 g/mol. The first kappa shape index (κ1) is 24.1. The molecule has 0 saturated heterocycles. The van der Waals surface area contributed by atoms with Crippen LogP contribution in [0, 0.1) is 0 Å². The second kappa shape index (κ2) is 10.9. The van der Waals surface area contributed by atoms with Crippen molar-refractivity contribution in [2.24, 2.45) is 0 Å². The molecule has 7 nitrogen and oxygen atoms in total. The Morgan fingerprint density at radius 3 is 2.29 bits per heavy atom. The van der Waals surface area contributed by atoms with E-state index in [-0.39, 0.29) is 10.6 Å². The highest BCUT2D eigenvalue weighted by molar-refractivity contribution is 8.04. The van der Waals surface area contributed by atoms with Crippen LogP contribution in [0.5, 0.6) is 5.75 Å². The Hall–Kier alpha value is -4.04. The Morgan fingerprint density at radius 2 is 1.60 bits per heavy atom. The van der Waals surface area contributed by atoms with Crippen molar-refractivity contribution in [1.82, 2.24) is 0 Å². The highest BCUT2D eigenvalue weighted by Crippen LogP contribution is 2.38. The zero-order valence-corrected chi connectivity index (χ0v) is 20.1. The second-order valence-electron chi connectivity index (χ2n) is 7.57. The van der Waals surface area contributed by atoms with Gasteiger partial charge in [-0.3, -0.25) is 9.59 Å². The predicted molar refractivity (Wildman–Crippen MR) is 135 cm³/mol.